The number of hydrogen-bond donors (Lipinski definition) is 1. The smallest absolute Gasteiger partial charge is 0.0492 e. The molecule has 1 aliphatic rings. The highest BCUT2D eigenvalue weighted by molar-refractivity contribution is 5.00. The quantitative estimate of drug-likeness (QED) is 0.869. The SMILES string of the molecule is CC(C)C1CCCC(NCCc2ccnn2C)C1. The van der Waals surface area contributed by atoms with Crippen LogP contribution in [-0.2, 0) is 13.5 Å². The standard InChI is InChI=1S/C15H27N3/c1-12(2)13-5-4-6-14(11-13)16-9-7-15-8-10-17-18(15)3/h8,10,12-14,16H,4-7,9,11H2,1-3H3. The van der Waals surface area contributed by atoms with Crippen LogP contribution in [0.1, 0.15) is 45.2 Å². The third kappa shape index (κ3) is 3.58. The molecular weight excluding hydrogens is 222 g/mol. The zero-order valence-electron chi connectivity index (χ0n) is 12.0. The zero-order valence-corrected chi connectivity index (χ0v) is 12.0. The number of aromatic nitrogens is 2. The maximum Gasteiger partial charge on any atom is 0.0492 e. The van der Waals surface area contributed by atoms with Crippen molar-refractivity contribution in [3.63, 3.8) is 0 Å². The normalized spacial score (nSPS) is 24.7. The van der Waals surface area contributed by atoms with Gasteiger partial charge in [-0.3, -0.25) is 4.68 Å². The Morgan fingerprint density at radius 2 is 2.28 bits per heavy atom. The van der Waals surface area contributed by atoms with E-state index in [-0.39, 0.29) is 0 Å². The molecule has 0 radical (unpaired) electrons. The van der Waals surface area contributed by atoms with Crippen molar-refractivity contribution in [2.24, 2.45) is 18.9 Å². The minimum absolute atomic E-state index is 0.736. The van der Waals surface area contributed by atoms with Gasteiger partial charge in [-0.05, 0) is 30.7 Å². The molecule has 1 N–H and O–H groups in total. The molecule has 0 saturated heterocycles. The van der Waals surface area contributed by atoms with Gasteiger partial charge in [-0.15, -0.1) is 0 Å². The summed E-state index contributed by atoms with van der Waals surface area (Å²) in [4.78, 5) is 0. The van der Waals surface area contributed by atoms with Gasteiger partial charge >= 0.3 is 0 Å². The van der Waals surface area contributed by atoms with Crippen molar-refractivity contribution < 1.29 is 0 Å². The average Bonchev–Trinajstić information content (AvgIpc) is 2.76. The summed E-state index contributed by atoms with van der Waals surface area (Å²) in [5.41, 5.74) is 1.32. The first-order chi connectivity index (χ1) is 8.66. The minimum Gasteiger partial charge on any atom is -0.314 e. The van der Waals surface area contributed by atoms with Crippen molar-refractivity contribution in [3.05, 3.63) is 18.0 Å². The Morgan fingerprint density at radius 1 is 1.44 bits per heavy atom. The highest BCUT2D eigenvalue weighted by Gasteiger charge is 2.23. The Kier molecular flexibility index (Phi) is 4.81. The highest BCUT2D eigenvalue weighted by atomic mass is 15.3. The van der Waals surface area contributed by atoms with Crippen molar-refractivity contribution in [2.45, 2.75) is 52.0 Å². The molecule has 1 heterocycles. The topological polar surface area (TPSA) is 29.9 Å². The van der Waals surface area contributed by atoms with E-state index in [0.717, 1.165) is 30.8 Å². The van der Waals surface area contributed by atoms with Crippen molar-refractivity contribution >= 4 is 0 Å². The van der Waals surface area contributed by atoms with Crippen LogP contribution < -0.4 is 5.32 Å². The highest BCUT2D eigenvalue weighted by Crippen LogP contribution is 2.29. The Morgan fingerprint density at radius 3 is 2.94 bits per heavy atom. The maximum absolute atomic E-state index is 4.21. The van der Waals surface area contributed by atoms with Gasteiger partial charge in [-0.1, -0.05) is 26.7 Å². The monoisotopic (exact) mass is 249 g/mol. The van der Waals surface area contributed by atoms with Gasteiger partial charge in [-0.25, -0.2) is 0 Å². The van der Waals surface area contributed by atoms with Crippen molar-refractivity contribution in [1.82, 2.24) is 15.1 Å². The molecule has 1 aromatic rings. The van der Waals surface area contributed by atoms with Crippen molar-refractivity contribution in [2.75, 3.05) is 6.54 Å². The summed E-state index contributed by atoms with van der Waals surface area (Å²) >= 11 is 0. The molecule has 3 nitrogen and oxygen atoms in total. The summed E-state index contributed by atoms with van der Waals surface area (Å²) < 4.78 is 1.97. The Labute approximate surface area is 111 Å². The van der Waals surface area contributed by atoms with Gasteiger partial charge in [0.2, 0.25) is 0 Å². The summed E-state index contributed by atoms with van der Waals surface area (Å²) in [6, 6.07) is 2.85. The van der Waals surface area contributed by atoms with Crippen LogP contribution in [0.2, 0.25) is 0 Å². The summed E-state index contributed by atoms with van der Waals surface area (Å²) in [5.74, 6) is 1.76. The van der Waals surface area contributed by atoms with Crippen LogP contribution in [0.5, 0.6) is 0 Å². The molecule has 1 aliphatic carbocycles. The first kappa shape index (κ1) is 13.6. The summed E-state index contributed by atoms with van der Waals surface area (Å²) in [6.07, 6.45) is 8.51. The molecular formula is C15H27N3. The lowest BCUT2D eigenvalue weighted by Crippen LogP contribution is -2.36. The second-order valence-electron chi connectivity index (χ2n) is 6.02. The van der Waals surface area contributed by atoms with E-state index >= 15 is 0 Å². The summed E-state index contributed by atoms with van der Waals surface area (Å²) in [6.45, 7) is 5.81. The van der Waals surface area contributed by atoms with E-state index in [1.54, 1.807) is 0 Å². The lowest BCUT2D eigenvalue weighted by molar-refractivity contribution is 0.232. The molecule has 102 valence electrons. The van der Waals surface area contributed by atoms with Crippen LogP contribution in [0.3, 0.4) is 0 Å². The summed E-state index contributed by atoms with van der Waals surface area (Å²) in [7, 11) is 2.02. The molecule has 3 heteroatoms. The van der Waals surface area contributed by atoms with Crippen molar-refractivity contribution in [1.29, 1.82) is 0 Å². The maximum atomic E-state index is 4.21. The van der Waals surface area contributed by atoms with Crippen LogP contribution in [0.15, 0.2) is 12.3 Å². The molecule has 0 aromatic carbocycles. The van der Waals surface area contributed by atoms with E-state index in [1.807, 2.05) is 17.9 Å². The lowest BCUT2D eigenvalue weighted by Gasteiger charge is -2.32. The van der Waals surface area contributed by atoms with E-state index in [9.17, 15) is 0 Å². The number of hydrogen-bond acceptors (Lipinski definition) is 2. The molecule has 2 unspecified atom stereocenters. The van der Waals surface area contributed by atoms with Gasteiger partial charge in [-0.2, -0.15) is 5.10 Å². The zero-order chi connectivity index (χ0) is 13.0. The second kappa shape index (κ2) is 6.37. The van der Waals surface area contributed by atoms with Gasteiger partial charge in [0, 0.05) is 37.9 Å². The van der Waals surface area contributed by atoms with E-state index in [0.29, 0.717) is 0 Å². The van der Waals surface area contributed by atoms with Gasteiger partial charge < -0.3 is 5.32 Å². The largest absolute Gasteiger partial charge is 0.314 e. The molecule has 18 heavy (non-hydrogen) atoms. The van der Waals surface area contributed by atoms with Crippen LogP contribution in [0.4, 0.5) is 0 Å². The second-order valence-corrected chi connectivity index (χ2v) is 6.02. The fraction of sp³-hybridized carbons (Fsp3) is 0.800. The number of aryl methyl sites for hydroxylation is 1. The number of nitrogens with one attached hydrogen (secondary N) is 1. The molecule has 1 fully saturated rings. The molecule has 0 bridgehead atoms. The molecule has 0 aliphatic heterocycles. The van der Waals surface area contributed by atoms with E-state index in [2.05, 4.69) is 30.3 Å². The van der Waals surface area contributed by atoms with Gasteiger partial charge in [0.1, 0.15) is 0 Å². The Hall–Kier alpha value is -0.830. The van der Waals surface area contributed by atoms with E-state index < -0.39 is 0 Å². The molecule has 1 saturated carbocycles. The fourth-order valence-corrected chi connectivity index (χ4v) is 3.07. The van der Waals surface area contributed by atoms with Crippen LogP contribution in [0, 0.1) is 11.8 Å². The Balaban J connectivity index is 1.72. The van der Waals surface area contributed by atoms with E-state index in [1.165, 1.54) is 31.4 Å². The predicted molar refractivity (Wildman–Crippen MR) is 75.5 cm³/mol. The third-order valence-corrected chi connectivity index (χ3v) is 4.39. The van der Waals surface area contributed by atoms with Crippen LogP contribution >= 0.6 is 0 Å². The summed E-state index contributed by atoms with van der Waals surface area (Å²) in [5, 5.41) is 7.94. The third-order valence-electron chi connectivity index (χ3n) is 4.39. The minimum atomic E-state index is 0.736. The molecule has 2 rings (SSSR count). The van der Waals surface area contributed by atoms with Crippen molar-refractivity contribution in [3.8, 4) is 0 Å². The van der Waals surface area contributed by atoms with E-state index in [4.69, 9.17) is 0 Å². The van der Waals surface area contributed by atoms with Crippen LogP contribution in [-0.4, -0.2) is 22.4 Å². The average molecular weight is 249 g/mol. The first-order valence-corrected chi connectivity index (χ1v) is 7.37. The van der Waals surface area contributed by atoms with Gasteiger partial charge in [0.25, 0.3) is 0 Å². The Bertz CT molecular complexity index is 356. The van der Waals surface area contributed by atoms with Gasteiger partial charge in [0.15, 0.2) is 0 Å². The lowest BCUT2D eigenvalue weighted by atomic mass is 9.79. The number of nitrogens with zero attached hydrogens (tertiary/aromatic N) is 2. The fourth-order valence-electron chi connectivity index (χ4n) is 3.07. The van der Waals surface area contributed by atoms with Crippen LogP contribution in [0.25, 0.3) is 0 Å². The molecule has 2 atom stereocenters. The predicted octanol–water partition coefficient (Wildman–Crippen LogP) is 2.77. The molecule has 0 spiro atoms. The molecule has 1 aromatic heterocycles. The van der Waals surface area contributed by atoms with Gasteiger partial charge in [0.05, 0.1) is 0 Å². The number of rotatable bonds is 5. The molecule has 0 amide bonds. The first-order valence-electron chi connectivity index (χ1n) is 7.37.